The molecule has 24 heavy (non-hydrogen) atoms. The maximum absolute atomic E-state index is 12.5. The number of benzene rings is 1. The van der Waals surface area contributed by atoms with Crippen LogP contribution >= 0.6 is 23.2 Å². The summed E-state index contributed by atoms with van der Waals surface area (Å²) in [4.78, 5) is 23.5. The molecule has 0 unspecified atom stereocenters. The molecule has 0 aliphatic heterocycles. The number of aliphatic carboxylic acids is 1. The average Bonchev–Trinajstić information content (AvgIpc) is 2.49. The molecule has 2 rings (SSSR count). The second-order valence-corrected chi connectivity index (χ2v) is 8.02. The Bertz CT molecular complexity index is 623. The van der Waals surface area contributed by atoms with E-state index in [4.69, 9.17) is 28.3 Å². The van der Waals surface area contributed by atoms with Gasteiger partial charge in [0.15, 0.2) is 0 Å². The highest BCUT2D eigenvalue weighted by molar-refractivity contribution is 6.35. The van der Waals surface area contributed by atoms with Crippen molar-refractivity contribution in [1.29, 1.82) is 0 Å². The minimum absolute atomic E-state index is 0.00563. The third-order valence-electron chi connectivity index (χ3n) is 4.56. The number of hydrogen-bond donors (Lipinski definition) is 2. The molecular formula is C18H23Cl2NO3. The number of carboxylic acids is 1. The lowest BCUT2D eigenvalue weighted by atomic mass is 9.81. The highest BCUT2D eigenvalue weighted by Crippen LogP contribution is 2.30. The van der Waals surface area contributed by atoms with Gasteiger partial charge in [0.1, 0.15) is 0 Å². The van der Waals surface area contributed by atoms with Gasteiger partial charge in [0.05, 0.1) is 5.92 Å². The summed E-state index contributed by atoms with van der Waals surface area (Å²) in [5, 5.41) is 13.3. The van der Waals surface area contributed by atoms with Crippen molar-refractivity contribution in [1.82, 2.24) is 5.32 Å². The SMILES string of the molecule is CC(C)(Cc1ccc(Cl)cc1Cl)NC(=O)C1CCC(C(=O)O)CC1. The maximum atomic E-state index is 12.5. The van der Waals surface area contributed by atoms with Crippen LogP contribution in [0.3, 0.4) is 0 Å². The zero-order chi connectivity index (χ0) is 17.9. The zero-order valence-corrected chi connectivity index (χ0v) is 15.5. The molecule has 1 aromatic carbocycles. The van der Waals surface area contributed by atoms with E-state index in [-0.39, 0.29) is 17.7 Å². The van der Waals surface area contributed by atoms with Gasteiger partial charge in [-0.3, -0.25) is 9.59 Å². The molecule has 2 N–H and O–H groups in total. The first-order valence-electron chi connectivity index (χ1n) is 8.17. The van der Waals surface area contributed by atoms with E-state index in [1.165, 1.54) is 0 Å². The molecule has 1 aliphatic rings. The van der Waals surface area contributed by atoms with Crippen LogP contribution in [-0.4, -0.2) is 22.5 Å². The van der Waals surface area contributed by atoms with E-state index >= 15 is 0 Å². The van der Waals surface area contributed by atoms with E-state index < -0.39 is 11.5 Å². The summed E-state index contributed by atoms with van der Waals surface area (Å²) in [5.41, 5.74) is 0.485. The summed E-state index contributed by atoms with van der Waals surface area (Å²) in [5.74, 6) is -1.18. The van der Waals surface area contributed by atoms with Crippen LogP contribution < -0.4 is 5.32 Å². The topological polar surface area (TPSA) is 66.4 Å². The molecule has 0 atom stereocenters. The number of carbonyl (C=O) groups excluding carboxylic acids is 1. The second kappa shape index (κ2) is 7.75. The Kier molecular flexibility index (Phi) is 6.16. The summed E-state index contributed by atoms with van der Waals surface area (Å²) in [6.07, 6.45) is 2.98. The molecule has 6 heteroatoms. The first-order valence-corrected chi connectivity index (χ1v) is 8.92. The number of rotatable bonds is 5. The standard InChI is InChI=1S/C18H23Cl2NO3/c1-18(2,10-13-7-8-14(19)9-15(13)20)21-16(22)11-3-5-12(6-4-11)17(23)24/h7-9,11-12H,3-6,10H2,1-2H3,(H,21,22)(H,23,24). The lowest BCUT2D eigenvalue weighted by Crippen LogP contribution is -2.48. The first-order chi connectivity index (χ1) is 11.2. The van der Waals surface area contributed by atoms with Crippen LogP contribution in [0.15, 0.2) is 18.2 Å². The molecule has 4 nitrogen and oxygen atoms in total. The van der Waals surface area contributed by atoms with Gasteiger partial charge < -0.3 is 10.4 Å². The molecule has 132 valence electrons. The van der Waals surface area contributed by atoms with Gasteiger partial charge in [0, 0.05) is 21.5 Å². The molecule has 0 saturated heterocycles. The number of amides is 1. The fourth-order valence-corrected chi connectivity index (χ4v) is 3.70. The number of hydrogen-bond acceptors (Lipinski definition) is 2. The Balaban J connectivity index is 1.93. The maximum Gasteiger partial charge on any atom is 0.306 e. The molecule has 0 spiro atoms. The summed E-state index contributed by atoms with van der Waals surface area (Å²) in [6, 6.07) is 5.36. The quantitative estimate of drug-likeness (QED) is 0.809. The Labute approximate surface area is 152 Å². The lowest BCUT2D eigenvalue weighted by Gasteiger charge is -2.31. The molecular weight excluding hydrogens is 349 g/mol. The molecule has 0 bridgehead atoms. The Hall–Kier alpha value is -1.26. The van der Waals surface area contributed by atoms with E-state index in [2.05, 4.69) is 5.32 Å². The van der Waals surface area contributed by atoms with Crippen molar-refractivity contribution in [3.63, 3.8) is 0 Å². The third-order valence-corrected chi connectivity index (χ3v) is 5.14. The van der Waals surface area contributed by atoms with Crippen LogP contribution in [0.25, 0.3) is 0 Å². The molecule has 1 saturated carbocycles. The largest absolute Gasteiger partial charge is 0.481 e. The third kappa shape index (κ3) is 5.12. The highest BCUT2D eigenvalue weighted by atomic mass is 35.5. The predicted octanol–water partition coefficient (Wildman–Crippen LogP) is 4.32. The normalized spacial score (nSPS) is 21.3. The van der Waals surface area contributed by atoms with Gasteiger partial charge in [0.2, 0.25) is 5.91 Å². The second-order valence-electron chi connectivity index (χ2n) is 7.17. The van der Waals surface area contributed by atoms with Crippen molar-refractivity contribution in [2.45, 2.75) is 51.5 Å². The van der Waals surface area contributed by atoms with Crippen molar-refractivity contribution >= 4 is 35.1 Å². The molecule has 0 aromatic heterocycles. The Morgan fingerprint density at radius 2 is 1.75 bits per heavy atom. The zero-order valence-electron chi connectivity index (χ0n) is 13.9. The Morgan fingerprint density at radius 3 is 2.29 bits per heavy atom. The molecule has 0 radical (unpaired) electrons. The van der Waals surface area contributed by atoms with Crippen molar-refractivity contribution in [3.8, 4) is 0 Å². The fourth-order valence-electron chi connectivity index (χ4n) is 3.22. The minimum Gasteiger partial charge on any atom is -0.481 e. The molecule has 0 heterocycles. The van der Waals surface area contributed by atoms with Gasteiger partial charge in [-0.1, -0.05) is 29.3 Å². The van der Waals surface area contributed by atoms with E-state index in [1.807, 2.05) is 19.9 Å². The number of carbonyl (C=O) groups is 2. The van der Waals surface area contributed by atoms with Gasteiger partial charge >= 0.3 is 5.97 Å². The lowest BCUT2D eigenvalue weighted by molar-refractivity contribution is -0.144. The number of halogens is 2. The van der Waals surface area contributed by atoms with Gasteiger partial charge in [-0.25, -0.2) is 0 Å². The first kappa shape index (κ1) is 19.1. The van der Waals surface area contributed by atoms with E-state index in [9.17, 15) is 9.59 Å². The van der Waals surface area contributed by atoms with Gasteiger partial charge in [-0.05, 0) is 63.6 Å². The van der Waals surface area contributed by atoms with E-state index in [1.54, 1.807) is 12.1 Å². The van der Waals surface area contributed by atoms with Gasteiger partial charge in [-0.15, -0.1) is 0 Å². The van der Waals surface area contributed by atoms with Crippen LogP contribution in [0.4, 0.5) is 0 Å². The molecule has 1 aliphatic carbocycles. The van der Waals surface area contributed by atoms with Crippen LogP contribution in [0.2, 0.25) is 10.0 Å². The smallest absolute Gasteiger partial charge is 0.306 e. The summed E-state index contributed by atoms with van der Waals surface area (Å²) < 4.78 is 0. The van der Waals surface area contributed by atoms with Crippen molar-refractivity contribution in [3.05, 3.63) is 33.8 Å². The van der Waals surface area contributed by atoms with Gasteiger partial charge in [0.25, 0.3) is 0 Å². The molecule has 1 aromatic rings. The van der Waals surface area contributed by atoms with E-state index in [0.717, 1.165) is 5.56 Å². The fraction of sp³-hybridized carbons (Fsp3) is 0.556. The van der Waals surface area contributed by atoms with Crippen LogP contribution in [0, 0.1) is 11.8 Å². The highest BCUT2D eigenvalue weighted by Gasteiger charge is 2.32. The summed E-state index contributed by atoms with van der Waals surface area (Å²) in [6.45, 7) is 3.91. The van der Waals surface area contributed by atoms with Crippen molar-refractivity contribution in [2.24, 2.45) is 11.8 Å². The summed E-state index contributed by atoms with van der Waals surface area (Å²) in [7, 11) is 0. The Morgan fingerprint density at radius 1 is 1.17 bits per heavy atom. The summed E-state index contributed by atoms with van der Waals surface area (Å²) >= 11 is 12.1. The van der Waals surface area contributed by atoms with Crippen molar-refractivity contribution in [2.75, 3.05) is 0 Å². The minimum atomic E-state index is -0.758. The molecule has 1 fully saturated rings. The number of carboxylic acid groups (broad SMARTS) is 1. The van der Waals surface area contributed by atoms with Crippen LogP contribution in [0.1, 0.15) is 45.1 Å². The number of nitrogens with one attached hydrogen (secondary N) is 1. The average molecular weight is 372 g/mol. The van der Waals surface area contributed by atoms with Crippen LogP contribution in [-0.2, 0) is 16.0 Å². The van der Waals surface area contributed by atoms with Crippen LogP contribution in [0.5, 0.6) is 0 Å². The predicted molar refractivity (Wildman–Crippen MR) is 95.5 cm³/mol. The van der Waals surface area contributed by atoms with Crippen molar-refractivity contribution < 1.29 is 14.7 Å². The molecule has 1 amide bonds. The van der Waals surface area contributed by atoms with E-state index in [0.29, 0.717) is 42.1 Å². The van der Waals surface area contributed by atoms with Gasteiger partial charge in [-0.2, -0.15) is 0 Å². The monoisotopic (exact) mass is 371 g/mol.